The van der Waals surface area contributed by atoms with E-state index in [4.69, 9.17) is 5.73 Å². The van der Waals surface area contributed by atoms with Crippen LogP contribution in [0.4, 0.5) is 0 Å². The fourth-order valence-electron chi connectivity index (χ4n) is 3.67. The van der Waals surface area contributed by atoms with E-state index in [0.29, 0.717) is 12.0 Å². The largest absolute Gasteiger partial charge is 0.327 e. The van der Waals surface area contributed by atoms with Crippen molar-refractivity contribution in [2.75, 3.05) is 13.1 Å². The lowest BCUT2D eigenvalue weighted by atomic mass is 9.78. The highest BCUT2D eigenvalue weighted by Crippen LogP contribution is 2.35. The zero-order valence-corrected chi connectivity index (χ0v) is 14.1. The molecule has 1 saturated heterocycles. The van der Waals surface area contributed by atoms with Gasteiger partial charge in [0.25, 0.3) is 0 Å². The Hall–Kier alpha value is -0.650. The molecule has 2 N–H and O–H groups in total. The fraction of sp³-hybridized carbons (Fsp3) is 0.867. The molecule has 120 valence electrons. The molecule has 3 atom stereocenters. The maximum Gasteiger partial charge on any atom is 0.0967 e. The first-order chi connectivity index (χ1) is 9.43. The number of fused-ring (bicyclic) bond motifs is 1. The predicted molar refractivity (Wildman–Crippen MR) is 86.3 cm³/mol. The lowest BCUT2D eigenvalue weighted by molar-refractivity contribution is 0.259. The highest BCUT2D eigenvalue weighted by molar-refractivity contribution is 5.85. The Bertz CT molecular complexity index is 467. The molecule has 21 heavy (non-hydrogen) atoms. The molecular formula is C15H28ClN5. The zero-order chi connectivity index (χ0) is 14.3. The molecule has 3 rings (SSSR count). The molecule has 0 amide bonds. The number of likely N-dealkylation sites (tertiary alicyclic amines) is 1. The Labute approximate surface area is 133 Å². The average Bonchev–Trinajstić information content (AvgIpc) is 2.96. The van der Waals surface area contributed by atoms with Crippen molar-refractivity contribution in [3.8, 4) is 0 Å². The maximum absolute atomic E-state index is 6.28. The van der Waals surface area contributed by atoms with Crippen LogP contribution < -0.4 is 5.73 Å². The van der Waals surface area contributed by atoms with Gasteiger partial charge in [0.05, 0.1) is 17.4 Å². The number of nitrogens with zero attached hydrogens (tertiary/aromatic N) is 4. The van der Waals surface area contributed by atoms with Crippen LogP contribution in [-0.2, 0) is 12.1 Å². The minimum Gasteiger partial charge on any atom is -0.327 e. The van der Waals surface area contributed by atoms with Crippen molar-refractivity contribution in [1.82, 2.24) is 19.9 Å². The third kappa shape index (κ3) is 3.58. The molecule has 0 spiro atoms. The topological polar surface area (TPSA) is 60.0 Å². The molecule has 1 aromatic rings. The molecule has 2 heterocycles. The molecule has 1 aliphatic heterocycles. The second kappa shape index (κ2) is 6.23. The van der Waals surface area contributed by atoms with E-state index in [1.54, 1.807) is 0 Å². The van der Waals surface area contributed by atoms with Gasteiger partial charge in [0, 0.05) is 25.7 Å². The molecule has 1 aliphatic carbocycles. The van der Waals surface area contributed by atoms with Gasteiger partial charge in [0.2, 0.25) is 0 Å². The Morgan fingerprint density at radius 2 is 2.05 bits per heavy atom. The van der Waals surface area contributed by atoms with Crippen molar-refractivity contribution in [3.05, 3.63) is 11.9 Å². The lowest BCUT2D eigenvalue weighted by Gasteiger charge is -2.29. The quantitative estimate of drug-likeness (QED) is 0.907. The molecule has 2 aliphatic rings. The SMILES string of the molecule is CC(C)(C)n1cc(CN2CC3CCCC(N)C3C2)nn1.Cl. The van der Waals surface area contributed by atoms with Crippen molar-refractivity contribution in [1.29, 1.82) is 0 Å². The van der Waals surface area contributed by atoms with E-state index < -0.39 is 0 Å². The van der Waals surface area contributed by atoms with Crippen molar-refractivity contribution >= 4 is 12.4 Å². The summed E-state index contributed by atoms with van der Waals surface area (Å²) in [6.45, 7) is 9.67. The summed E-state index contributed by atoms with van der Waals surface area (Å²) in [6.07, 6.45) is 5.94. The van der Waals surface area contributed by atoms with E-state index in [0.717, 1.165) is 24.7 Å². The molecule has 6 heteroatoms. The third-order valence-electron chi connectivity index (χ3n) is 4.84. The van der Waals surface area contributed by atoms with Gasteiger partial charge in [-0.1, -0.05) is 11.6 Å². The maximum atomic E-state index is 6.28. The van der Waals surface area contributed by atoms with Gasteiger partial charge in [0.15, 0.2) is 0 Å². The van der Waals surface area contributed by atoms with E-state index in [2.05, 4.69) is 42.2 Å². The molecule has 5 nitrogen and oxygen atoms in total. The highest BCUT2D eigenvalue weighted by Gasteiger charge is 2.38. The van der Waals surface area contributed by atoms with Crippen LogP contribution >= 0.6 is 12.4 Å². The monoisotopic (exact) mass is 313 g/mol. The first-order valence-corrected chi connectivity index (χ1v) is 7.83. The molecule has 0 bridgehead atoms. The standard InChI is InChI=1S/C15H27N5.ClH/c1-15(2,3)20-9-12(17-18-20)8-19-7-11-5-4-6-14(16)13(11)10-19;/h9,11,13-14H,4-8,10,16H2,1-3H3;1H. The van der Waals surface area contributed by atoms with Crippen LogP contribution in [0.2, 0.25) is 0 Å². The second-order valence-corrected chi connectivity index (χ2v) is 7.54. The van der Waals surface area contributed by atoms with E-state index in [9.17, 15) is 0 Å². The minimum absolute atomic E-state index is 0. The lowest BCUT2D eigenvalue weighted by Crippen LogP contribution is -2.38. The summed E-state index contributed by atoms with van der Waals surface area (Å²) in [5, 5.41) is 8.57. The summed E-state index contributed by atoms with van der Waals surface area (Å²) in [7, 11) is 0. The number of hydrogen-bond donors (Lipinski definition) is 1. The van der Waals surface area contributed by atoms with Gasteiger partial charge in [0.1, 0.15) is 0 Å². The normalized spacial score (nSPS) is 30.0. The second-order valence-electron chi connectivity index (χ2n) is 7.54. The number of hydrogen-bond acceptors (Lipinski definition) is 4. The number of rotatable bonds is 2. The minimum atomic E-state index is 0. The number of nitrogens with two attached hydrogens (primary N) is 1. The van der Waals surface area contributed by atoms with Gasteiger partial charge < -0.3 is 5.73 Å². The molecule has 0 aromatic carbocycles. The molecule has 3 unspecified atom stereocenters. The third-order valence-corrected chi connectivity index (χ3v) is 4.84. The Morgan fingerprint density at radius 1 is 1.29 bits per heavy atom. The molecular weight excluding hydrogens is 286 g/mol. The Balaban J connectivity index is 0.00000161. The average molecular weight is 314 g/mol. The van der Waals surface area contributed by atoms with Crippen molar-refractivity contribution in [3.63, 3.8) is 0 Å². The molecule has 1 aromatic heterocycles. The van der Waals surface area contributed by atoms with E-state index in [-0.39, 0.29) is 17.9 Å². The highest BCUT2D eigenvalue weighted by atomic mass is 35.5. The summed E-state index contributed by atoms with van der Waals surface area (Å²) in [6, 6.07) is 0.406. The first-order valence-electron chi connectivity index (χ1n) is 7.83. The molecule has 1 saturated carbocycles. The number of halogens is 1. The number of aromatic nitrogens is 3. The van der Waals surface area contributed by atoms with Crippen LogP contribution in [0.15, 0.2) is 6.20 Å². The first kappa shape index (κ1) is 16.7. The Kier molecular flexibility index (Phi) is 4.96. The van der Waals surface area contributed by atoms with Crippen molar-refractivity contribution < 1.29 is 0 Å². The van der Waals surface area contributed by atoms with Crippen LogP contribution in [0, 0.1) is 11.8 Å². The summed E-state index contributed by atoms with van der Waals surface area (Å²) in [5.74, 6) is 1.50. The summed E-state index contributed by atoms with van der Waals surface area (Å²) >= 11 is 0. The van der Waals surface area contributed by atoms with Crippen LogP contribution in [0.5, 0.6) is 0 Å². The van der Waals surface area contributed by atoms with Crippen LogP contribution in [0.1, 0.15) is 45.7 Å². The fourth-order valence-corrected chi connectivity index (χ4v) is 3.67. The van der Waals surface area contributed by atoms with E-state index >= 15 is 0 Å². The smallest absolute Gasteiger partial charge is 0.0967 e. The zero-order valence-electron chi connectivity index (χ0n) is 13.3. The van der Waals surface area contributed by atoms with Gasteiger partial charge in [-0.3, -0.25) is 4.90 Å². The molecule has 2 fully saturated rings. The van der Waals surface area contributed by atoms with E-state index in [1.165, 1.54) is 25.8 Å². The summed E-state index contributed by atoms with van der Waals surface area (Å²) < 4.78 is 1.96. The van der Waals surface area contributed by atoms with Crippen molar-refractivity contribution in [2.24, 2.45) is 17.6 Å². The van der Waals surface area contributed by atoms with Crippen LogP contribution in [0.3, 0.4) is 0 Å². The van der Waals surface area contributed by atoms with Gasteiger partial charge in [-0.2, -0.15) is 0 Å². The summed E-state index contributed by atoms with van der Waals surface area (Å²) in [4.78, 5) is 2.51. The van der Waals surface area contributed by atoms with Gasteiger partial charge in [-0.05, 0) is 45.4 Å². The van der Waals surface area contributed by atoms with Crippen LogP contribution in [-0.4, -0.2) is 39.0 Å². The van der Waals surface area contributed by atoms with Crippen LogP contribution in [0.25, 0.3) is 0 Å². The van der Waals surface area contributed by atoms with E-state index in [1.807, 2.05) is 4.68 Å². The summed E-state index contributed by atoms with van der Waals surface area (Å²) in [5.41, 5.74) is 7.36. The molecule has 0 radical (unpaired) electrons. The van der Waals surface area contributed by atoms with Crippen molar-refractivity contribution in [2.45, 2.75) is 58.2 Å². The van der Waals surface area contributed by atoms with Gasteiger partial charge >= 0.3 is 0 Å². The Morgan fingerprint density at radius 3 is 2.67 bits per heavy atom. The predicted octanol–water partition coefficient (Wildman–Crippen LogP) is 2.01. The van der Waals surface area contributed by atoms with Gasteiger partial charge in [-0.15, -0.1) is 17.5 Å². The van der Waals surface area contributed by atoms with Gasteiger partial charge in [-0.25, -0.2) is 4.68 Å².